The summed E-state index contributed by atoms with van der Waals surface area (Å²) in [7, 11) is 0. The van der Waals surface area contributed by atoms with Crippen LogP contribution < -0.4 is 10.1 Å². The van der Waals surface area contributed by atoms with E-state index in [1.807, 2.05) is 31.2 Å². The average Bonchev–Trinajstić information content (AvgIpc) is 2.44. The number of benzene rings is 2. The van der Waals surface area contributed by atoms with Crippen LogP contribution in [0.1, 0.15) is 18.5 Å². The summed E-state index contributed by atoms with van der Waals surface area (Å²) in [6.07, 6.45) is 0. The molecule has 20 heavy (non-hydrogen) atoms. The van der Waals surface area contributed by atoms with E-state index in [2.05, 4.69) is 21.2 Å². The summed E-state index contributed by atoms with van der Waals surface area (Å²) in [6.45, 7) is 3.36. The van der Waals surface area contributed by atoms with Gasteiger partial charge in [-0.15, -0.1) is 0 Å². The maximum Gasteiger partial charge on any atom is 0.123 e. The standard InChI is InChI=1S/C16H17BrFNO/c1-12(13-5-7-15(18)8-6-13)19-9-10-20-16-4-2-3-14(17)11-16/h2-8,11-12,19H,9-10H2,1H3. The van der Waals surface area contributed by atoms with E-state index < -0.39 is 0 Å². The van der Waals surface area contributed by atoms with E-state index in [-0.39, 0.29) is 11.9 Å². The molecule has 1 unspecified atom stereocenters. The average molecular weight is 338 g/mol. The Balaban J connectivity index is 1.74. The van der Waals surface area contributed by atoms with E-state index in [1.54, 1.807) is 12.1 Å². The largest absolute Gasteiger partial charge is 0.492 e. The molecule has 0 bridgehead atoms. The van der Waals surface area contributed by atoms with Crippen LogP contribution in [-0.4, -0.2) is 13.2 Å². The van der Waals surface area contributed by atoms with Crippen molar-refractivity contribution in [1.29, 1.82) is 0 Å². The molecule has 0 aliphatic rings. The van der Waals surface area contributed by atoms with Crippen molar-refractivity contribution in [3.05, 3.63) is 64.4 Å². The third kappa shape index (κ3) is 4.62. The molecular formula is C16H17BrFNO. The Morgan fingerprint density at radius 1 is 1.20 bits per heavy atom. The van der Waals surface area contributed by atoms with E-state index in [4.69, 9.17) is 4.74 Å². The minimum atomic E-state index is -0.209. The smallest absolute Gasteiger partial charge is 0.123 e. The SMILES string of the molecule is CC(NCCOc1cccc(Br)c1)c1ccc(F)cc1. The lowest BCUT2D eigenvalue weighted by atomic mass is 10.1. The third-order valence-electron chi connectivity index (χ3n) is 2.99. The number of halogens is 2. The first-order valence-corrected chi connectivity index (χ1v) is 7.31. The van der Waals surface area contributed by atoms with Gasteiger partial charge in [-0.1, -0.05) is 34.1 Å². The van der Waals surface area contributed by atoms with Crippen molar-refractivity contribution in [3.8, 4) is 5.75 Å². The third-order valence-corrected chi connectivity index (χ3v) is 3.48. The Morgan fingerprint density at radius 2 is 1.95 bits per heavy atom. The van der Waals surface area contributed by atoms with Crippen molar-refractivity contribution in [1.82, 2.24) is 5.32 Å². The molecule has 0 aromatic heterocycles. The number of nitrogens with one attached hydrogen (secondary N) is 1. The topological polar surface area (TPSA) is 21.3 Å². The van der Waals surface area contributed by atoms with Gasteiger partial charge in [0, 0.05) is 17.1 Å². The van der Waals surface area contributed by atoms with Gasteiger partial charge in [0.05, 0.1) is 0 Å². The molecule has 2 rings (SSSR count). The highest BCUT2D eigenvalue weighted by molar-refractivity contribution is 9.10. The summed E-state index contributed by atoms with van der Waals surface area (Å²) >= 11 is 3.40. The Kier molecular flexibility index (Phi) is 5.56. The van der Waals surface area contributed by atoms with Gasteiger partial charge < -0.3 is 10.1 Å². The van der Waals surface area contributed by atoms with Crippen LogP contribution in [0, 0.1) is 5.82 Å². The van der Waals surface area contributed by atoms with E-state index in [1.165, 1.54) is 12.1 Å². The summed E-state index contributed by atoms with van der Waals surface area (Å²) in [6, 6.07) is 14.5. The van der Waals surface area contributed by atoms with Crippen LogP contribution in [0.15, 0.2) is 53.0 Å². The van der Waals surface area contributed by atoms with Crippen LogP contribution in [0.5, 0.6) is 5.75 Å². The van der Waals surface area contributed by atoms with Crippen molar-refractivity contribution >= 4 is 15.9 Å². The van der Waals surface area contributed by atoms with Gasteiger partial charge in [-0.05, 0) is 42.8 Å². The zero-order chi connectivity index (χ0) is 14.4. The number of ether oxygens (including phenoxy) is 1. The second-order valence-corrected chi connectivity index (χ2v) is 5.45. The molecule has 2 nitrogen and oxygen atoms in total. The minimum Gasteiger partial charge on any atom is -0.492 e. The predicted molar refractivity (Wildman–Crippen MR) is 82.5 cm³/mol. The molecule has 0 saturated heterocycles. The maximum absolute atomic E-state index is 12.8. The van der Waals surface area contributed by atoms with Crippen LogP contribution in [0.2, 0.25) is 0 Å². The lowest BCUT2D eigenvalue weighted by Crippen LogP contribution is -2.24. The molecule has 1 N–H and O–H groups in total. The summed E-state index contributed by atoms with van der Waals surface area (Å²) in [5, 5.41) is 3.34. The highest BCUT2D eigenvalue weighted by Gasteiger charge is 2.04. The van der Waals surface area contributed by atoms with Crippen LogP contribution >= 0.6 is 15.9 Å². The van der Waals surface area contributed by atoms with Gasteiger partial charge in [-0.2, -0.15) is 0 Å². The second kappa shape index (κ2) is 7.41. The van der Waals surface area contributed by atoms with Gasteiger partial charge in [0.15, 0.2) is 0 Å². The molecule has 0 spiro atoms. The fourth-order valence-corrected chi connectivity index (χ4v) is 2.25. The molecule has 1 atom stereocenters. The monoisotopic (exact) mass is 337 g/mol. The Labute approximate surface area is 127 Å². The van der Waals surface area contributed by atoms with Crippen molar-refractivity contribution in [3.63, 3.8) is 0 Å². The van der Waals surface area contributed by atoms with Crippen molar-refractivity contribution in [2.24, 2.45) is 0 Å². The number of rotatable bonds is 6. The molecule has 0 amide bonds. The van der Waals surface area contributed by atoms with Gasteiger partial charge in [-0.3, -0.25) is 0 Å². The van der Waals surface area contributed by atoms with Crippen LogP contribution in [0.3, 0.4) is 0 Å². The van der Waals surface area contributed by atoms with Gasteiger partial charge in [0.2, 0.25) is 0 Å². The zero-order valence-corrected chi connectivity index (χ0v) is 12.9. The molecule has 106 valence electrons. The van der Waals surface area contributed by atoms with Crippen molar-refractivity contribution < 1.29 is 9.13 Å². The summed E-state index contributed by atoms with van der Waals surface area (Å²) in [4.78, 5) is 0. The fourth-order valence-electron chi connectivity index (χ4n) is 1.87. The molecule has 0 aliphatic carbocycles. The van der Waals surface area contributed by atoms with E-state index in [9.17, 15) is 4.39 Å². The Morgan fingerprint density at radius 3 is 2.65 bits per heavy atom. The van der Waals surface area contributed by atoms with Gasteiger partial charge >= 0.3 is 0 Å². The molecular weight excluding hydrogens is 321 g/mol. The molecule has 0 radical (unpaired) electrons. The number of hydrogen-bond acceptors (Lipinski definition) is 2. The fraction of sp³-hybridized carbons (Fsp3) is 0.250. The number of hydrogen-bond donors (Lipinski definition) is 1. The lowest BCUT2D eigenvalue weighted by Gasteiger charge is -2.14. The molecule has 2 aromatic carbocycles. The first kappa shape index (κ1) is 15.0. The zero-order valence-electron chi connectivity index (χ0n) is 11.3. The highest BCUT2D eigenvalue weighted by Crippen LogP contribution is 2.17. The van der Waals surface area contributed by atoms with Gasteiger partial charge in [0.25, 0.3) is 0 Å². The van der Waals surface area contributed by atoms with E-state index >= 15 is 0 Å². The highest BCUT2D eigenvalue weighted by atomic mass is 79.9. The van der Waals surface area contributed by atoms with Crippen molar-refractivity contribution in [2.75, 3.05) is 13.2 Å². The molecule has 4 heteroatoms. The summed E-state index contributed by atoms with van der Waals surface area (Å²) < 4.78 is 19.5. The quantitative estimate of drug-likeness (QED) is 0.792. The molecule has 0 aliphatic heterocycles. The summed E-state index contributed by atoms with van der Waals surface area (Å²) in [5.41, 5.74) is 1.06. The Hall–Kier alpha value is -1.39. The molecule has 0 saturated carbocycles. The van der Waals surface area contributed by atoms with Crippen LogP contribution in [0.25, 0.3) is 0 Å². The second-order valence-electron chi connectivity index (χ2n) is 4.53. The summed E-state index contributed by atoms with van der Waals surface area (Å²) in [5.74, 6) is 0.634. The van der Waals surface area contributed by atoms with Crippen LogP contribution in [-0.2, 0) is 0 Å². The lowest BCUT2D eigenvalue weighted by molar-refractivity contribution is 0.307. The predicted octanol–water partition coefficient (Wildman–Crippen LogP) is 4.32. The first-order chi connectivity index (χ1) is 9.65. The van der Waals surface area contributed by atoms with Gasteiger partial charge in [0.1, 0.15) is 18.2 Å². The normalized spacial score (nSPS) is 12.2. The maximum atomic E-state index is 12.8. The van der Waals surface area contributed by atoms with Gasteiger partial charge in [-0.25, -0.2) is 4.39 Å². The van der Waals surface area contributed by atoms with E-state index in [0.717, 1.165) is 22.3 Å². The molecule has 0 heterocycles. The molecule has 0 fully saturated rings. The Bertz CT molecular complexity index is 544. The van der Waals surface area contributed by atoms with E-state index in [0.29, 0.717) is 6.61 Å². The first-order valence-electron chi connectivity index (χ1n) is 6.52. The molecule has 2 aromatic rings. The van der Waals surface area contributed by atoms with Crippen LogP contribution in [0.4, 0.5) is 4.39 Å². The minimum absolute atomic E-state index is 0.168. The van der Waals surface area contributed by atoms with Crippen molar-refractivity contribution in [2.45, 2.75) is 13.0 Å².